The molecule has 0 saturated heterocycles. The van der Waals surface area contributed by atoms with Crippen LogP contribution in [0.1, 0.15) is 69.3 Å². The van der Waals surface area contributed by atoms with Crippen LogP contribution < -0.4 is 10.6 Å². The largest absolute Gasteiger partial charge is 0.444 e. The Morgan fingerprint density at radius 2 is 1.68 bits per heavy atom. The number of hydrogen-bond donors (Lipinski definition) is 2. The van der Waals surface area contributed by atoms with E-state index in [4.69, 9.17) is 11.2 Å². The van der Waals surface area contributed by atoms with Crippen molar-refractivity contribution in [2.75, 3.05) is 0 Å². The lowest BCUT2D eigenvalue weighted by atomic mass is 9.94. The molecule has 7 nitrogen and oxygen atoms in total. The summed E-state index contributed by atoms with van der Waals surface area (Å²) in [5, 5.41) is 5.59. The zero-order valence-corrected chi connectivity index (χ0v) is 22.9. The lowest BCUT2D eigenvalue weighted by molar-refractivity contribution is -0.139. The Bertz CT molecular complexity index is 1130. The summed E-state index contributed by atoms with van der Waals surface area (Å²) in [6.45, 7) is 13.2. The maximum absolute atomic E-state index is 13.8. The molecule has 0 aliphatic carbocycles. The molecule has 198 valence electrons. The summed E-state index contributed by atoms with van der Waals surface area (Å²) in [5.74, 6) is -0.901. The van der Waals surface area contributed by atoms with Crippen molar-refractivity contribution in [1.29, 1.82) is 0 Å². The summed E-state index contributed by atoms with van der Waals surface area (Å²) < 4.78 is 5.38. The van der Waals surface area contributed by atoms with Gasteiger partial charge in [0.2, 0.25) is 5.91 Å². The van der Waals surface area contributed by atoms with Crippen LogP contribution in [0, 0.1) is 32.2 Å². The molecular weight excluding hydrogens is 466 g/mol. The minimum Gasteiger partial charge on any atom is -0.444 e. The first-order valence-electron chi connectivity index (χ1n) is 12.5. The zero-order valence-electron chi connectivity index (χ0n) is 22.9. The quantitative estimate of drug-likeness (QED) is 0.370. The Morgan fingerprint density at radius 1 is 1.03 bits per heavy atom. The van der Waals surface area contributed by atoms with Gasteiger partial charge in [-0.3, -0.25) is 14.5 Å². The summed E-state index contributed by atoms with van der Waals surface area (Å²) in [5.41, 5.74) is 2.63. The standard InChI is InChI=1S/C30H39N3O4/c1-9-33(28(35)25(18-20(2)3)32-29(36)37-30(6,7)8)26(24-17-13-14-21(4)22(24)5)27(34)31-19-23-15-11-10-12-16-23/h1,10-17,20,25-26H,18-19H2,2-8H3,(H,31,34)(H,32,36). The first-order chi connectivity index (χ1) is 17.3. The number of carbonyl (C=O) groups excluding carboxylic acids is 3. The van der Waals surface area contributed by atoms with E-state index in [0.29, 0.717) is 12.0 Å². The Hall–Kier alpha value is -3.79. The average Bonchev–Trinajstić information content (AvgIpc) is 2.81. The van der Waals surface area contributed by atoms with Crippen molar-refractivity contribution in [2.24, 2.45) is 5.92 Å². The van der Waals surface area contributed by atoms with E-state index in [1.54, 1.807) is 26.8 Å². The van der Waals surface area contributed by atoms with Crippen molar-refractivity contribution in [3.8, 4) is 12.5 Å². The molecule has 2 rings (SSSR count). The highest BCUT2D eigenvalue weighted by Gasteiger charge is 2.36. The van der Waals surface area contributed by atoms with Gasteiger partial charge >= 0.3 is 6.09 Å². The first kappa shape index (κ1) is 29.4. The second-order valence-corrected chi connectivity index (χ2v) is 10.6. The predicted molar refractivity (Wildman–Crippen MR) is 145 cm³/mol. The van der Waals surface area contributed by atoms with Crippen molar-refractivity contribution < 1.29 is 19.1 Å². The first-order valence-corrected chi connectivity index (χ1v) is 12.5. The molecule has 2 aromatic rings. The van der Waals surface area contributed by atoms with Crippen LogP contribution in [-0.2, 0) is 20.9 Å². The number of ether oxygens (including phenoxy) is 1. The number of hydrogen-bond acceptors (Lipinski definition) is 4. The summed E-state index contributed by atoms with van der Waals surface area (Å²) in [4.78, 5) is 41.1. The lowest BCUT2D eigenvalue weighted by Gasteiger charge is -2.32. The van der Waals surface area contributed by atoms with Gasteiger partial charge in [0, 0.05) is 12.6 Å². The molecule has 2 atom stereocenters. The van der Waals surface area contributed by atoms with Crippen LogP contribution in [0.4, 0.5) is 4.79 Å². The molecule has 0 fully saturated rings. The molecule has 0 radical (unpaired) electrons. The molecule has 2 aromatic carbocycles. The minimum atomic E-state index is -1.09. The van der Waals surface area contributed by atoms with Crippen molar-refractivity contribution in [1.82, 2.24) is 15.5 Å². The molecule has 37 heavy (non-hydrogen) atoms. The van der Waals surface area contributed by atoms with Crippen LogP contribution in [-0.4, -0.2) is 34.5 Å². The van der Waals surface area contributed by atoms with Gasteiger partial charge in [-0.05, 0) is 69.2 Å². The monoisotopic (exact) mass is 505 g/mol. The number of nitrogens with one attached hydrogen (secondary N) is 2. The molecule has 0 spiro atoms. The van der Waals surface area contributed by atoms with E-state index in [-0.39, 0.29) is 12.5 Å². The molecular formula is C30H39N3O4. The van der Waals surface area contributed by atoms with Crippen LogP contribution in [0.15, 0.2) is 48.5 Å². The number of nitrogens with zero attached hydrogens (tertiary/aromatic N) is 1. The Kier molecular flexibility index (Phi) is 10.3. The van der Waals surface area contributed by atoms with Gasteiger partial charge < -0.3 is 15.4 Å². The minimum absolute atomic E-state index is 0.0644. The van der Waals surface area contributed by atoms with Gasteiger partial charge in [0.05, 0.1) is 0 Å². The molecule has 0 aliphatic heterocycles. The van der Waals surface area contributed by atoms with E-state index in [2.05, 4.69) is 16.7 Å². The van der Waals surface area contributed by atoms with E-state index < -0.39 is 35.6 Å². The van der Waals surface area contributed by atoms with Gasteiger partial charge in [0.1, 0.15) is 17.7 Å². The van der Waals surface area contributed by atoms with Crippen LogP contribution in [0.3, 0.4) is 0 Å². The van der Waals surface area contributed by atoms with Crippen LogP contribution in [0.2, 0.25) is 0 Å². The number of amides is 3. The van der Waals surface area contributed by atoms with Crippen LogP contribution in [0.25, 0.3) is 0 Å². The maximum atomic E-state index is 13.8. The number of benzene rings is 2. The van der Waals surface area contributed by atoms with Crippen molar-refractivity contribution in [3.05, 3.63) is 70.8 Å². The molecule has 0 aromatic heterocycles. The number of aryl methyl sites for hydroxylation is 1. The van der Waals surface area contributed by atoms with Gasteiger partial charge in [0.25, 0.3) is 5.91 Å². The number of rotatable bonds is 9. The normalized spacial score (nSPS) is 12.7. The molecule has 0 aliphatic rings. The van der Waals surface area contributed by atoms with Crippen molar-refractivity contribution in [3.63, 3.8) is 0 Å². The molecule has 0 heterocycles. The Labute approximate surface area is 221 Å². The SMILES string of the molecule is C#CN(C(=O)C(CC(C)C)NC(=O)OC(C)(C)C)C(C(=O)NCc1ccccc1)c1cccc(C)c1C. The van der Waals surface area contributed by atoms with E-state index in [1.165, 1.54) is 0 Å². The summed E-state index contributed by atoms with van der Waals surface area (Å²) in [6, 6.07) is 15.4. The van der Waals surface area contributed by atoms with Crippen molar-refractivity contribution >= 4 is 17.9 Å². The highest BCUT2D eigenvalue weighted by atomic mass is 16.6. The second kappa shape index (κ2) is 13.0. The number of carbonyl (C=O) groups is 3. The van der Waals surface area contributed by atoms with Crippen molar-refractivity contribution in [2.45, 2.75) is 79.1 Å². The number of alkyl carbamates (subject to hydrolysis) is 1. The van der Waals surface area contributed by atoms with E-state index >= 15 is 0 Å². The highest BCUT2D eigenvalue weighted by molar-refractivity contribution is 5.93. The smallest absolute Gasteiger partial charge is 0.408 e. The van der Waals surface area contributed by atoms with Gasteiger partial charge in [-0.15, -0.1) is 0 Å². The van der Waals surface area contributed by atoms with Crippen LogP contribution in [0.5, 0.6) is 0 Å². The maximum Gasteiger partial charge on any atom is 0.408 e. The topological polar surface area (TPSA) is 87.7 Å². The third-order valence-electron chi connectivity index (χ3n) is 5.83. The molecule has 3 amide bonds. The van der Waals surface area contributed by atoms with Gasteiger partial charge in [-0.25, -0.2) is 4.79 Å². The molecule has 2 N–H and O–H groups in total. The molecule has 2 unspecified atom stereocenters. The molecule has 0 saturated carbocycles. The second-order valence-electron chi connectivity index (χ2n) is 10.6. The van der Waals surface area contributed by atoms with Crippen LogP contribution >= 0.6 is 0 Å². The third-order valence-corrected chi connectivity index (χ3v) is 5.83. The fourth-order valence-electron chi connectivity index (χ4n) is 3.93. The van der Waals surface area contributed by atoms with E-state index in [9.17, 15) is 14.4 Å². The lowest BCUT2D eigenvalue weighted by Crippen LogP contribution is -2.52. The Morgan fingerprint density at radius 3 is 2.24 bits per heavy atom. The predicted octanol–water partition coefficient (Wildman–Crippen LogP) is 5.02. The van der Waals surface area contributed by atoms with Gasteiger partial charge in [-0.1, -0.05) is 68.8 Å². The van der Waals surface area contributed by atoms with E-state index in [0.717, 1.165) is 21.6 Å². The third kappa shape index (κ3) is 8.68. The summed E-state index contributed by atoms with van der Waals surface area (Å²) in [6.07, 6.45) is 5.48. The summed E-state index contributed by atoms with van der Waals surface area (Å²) >= 11 is 0. The highest BCUT2D eigenvalue weighted by Crippen LogP contribution is 2.27. The summed E-state index contributed by atoms with van der Waals surface area (Å²) in [7, 11) is 0. The van der Waals surface area contributed by atoms with E-state index in [1.807, 2.05) is 70.2 Å². The van der Waals surface area contributed by atoms with Gasteiger partial charge in [-0.2, -0.15) is 0 Å². The average molecular weight is 506 g/mol. The molecule has 0 bridgehead atoms. The van der Waals surface area contributed by atoms with Gasteiger partial charge in [0.15, 0.2) is 0 Å². The zero-order chi connectivity index (χ0) is 27.8. The fourth-order valence-corrected chi connectivity index (χ4v) is 3.93. The number of terminal acetylenes is 1. The Balaban J connectivity index is 2.45. The fraction of sp³-hybridized carbons (Fsp3) is 0.433. The molecule has 7 heteroatoms.